The molecule has 0 aromatic heterocycles. The first-order valence-electron chi connectivity index (χ1n) is 5.98. The van der Waals surface area contributed by atoms with E-state index in [4.69, 9.17) is 4.74 Å². The number of allylic oxidation sites excluding steroid dienone is 1. The first-order valence-corrected chi connectivity index (χ1v) is 5.98. The van der Waals surface area contributed by atoms with Gasteiger partial charge in [-0.05, 0) is 25.2 Å². The first kappa shape index (κ1) is 12.1. The van der Waals surface area contributed by atoms with Crippen molar-refractivity contribution >= 4 is 5.97 Å². The Balaban J connectivity index is 2.17. The fourth-order valence-electron chi connectivity index (χ4n) is 3.20. The maximum absolute atomic E-state index is 11.1. The molecule has 0 amide bonds. The molecule has 0 heterocycles. The molecule has 0 bridgehead atoms. The third-order valence-corrected chi connectivity index (χ3v) is 3.86. The number of nitro groups is 1. The Morgan fingerprint density at radius 2 is 2.41 bits per heavy atom. The number of nitrogens with zero attached hydrogens (tertiary/aromatic N) is 1. The van der Waals surface area contributed by atoms with Crippen molar-refractivity contribution < 1.29 is 14.5 Å². The molecule has 0 spiro atoms. The molecule has 0 aliphatic heterocycles. The number of rotatable bonds is 4. The summed E-state index contributed by atoms with van der Waals surface area (Å²) < 4.78 is 5.27. The predicted octanol–water partition coefficient (Wildman–Crippen LogP) is 1.94. The summed E-state index contributed by atoms with van der Waals surface area (Å²) in [5.74, 6) is 0.0552. The van der Waals surface area contributed by atoms with Gasteiger partial charge in [-0.25, -0.2) is 0 Å². The molecule has 5 heteroatoms. The third kappa shape index (κ3) is 2.06. The van der Waals surface area contributed by atoms with Crippen molar-refractivity contribution in [3.05, 3.63) is 21.8 Å². The number of fused-ring (bicyclic) bond motifs is 1. The van der Waals surface area contributed by atoms with Gasteiger partial charge >= 0.3 is 5.97 Å². The van der Waals surface area contributed by atoms with Gasteiger partial charge in [0.1, 0.15) is 0 Å². The van der Waals surface area contributed by atoms with Crippen LogP contribution in [0.1, 0.15) is 33.1 Å². The molecule has 0 saturated heterocycles. The van der Waals surface area contributed by atoms with Crippen molar-refractivity contribution in [1.29, 1.82) is 0 Å². The highest BCUT2D eigenvalue weighted by Crippen LogP contribution is 2.54. The molecule has 17 heavy (non-hydrogen) atoms. The number of ether oxygens (including phenoxy) is 1. The van der Waals surface area contributed by atoms with Crippen LogP contribution in [-0.4, -0.2) is 23.0 Å². The molecule has 0 N–H and O–H groups in total. The van der Waals surface area contributed by atoms with E-state index in [9.17, 15) is 14.9 Å². The van der Waals surface area contributed by atoms with Crippen molar-refractivity contribution in [2.75, 3.05) is 6.54 Å². The number of carbonyl (C=O) groups excluding carboxylic acids is 1. The normalized spacial score (nSPS) is 34.6. The zero-order valence-corrected chi connectivity index (χ0v) is 10.1. The molecule has 94 valence electrons. The first-order chi connectivity index (χ1) is 7.97. The lowest BCUT2D eigenvalue weighted by atomic mass is 9.62. The zero-order chi connectivity index (χ0) is 12.6. The molecule has 5 nitrogen and oxygen atoms in total. The lowest BCUT2D eigenvalue weighted by molar-refractivity contribution is -0.509. The highest BCUT2D eigenvalue weighted by molar-refractivity contribution is 5.67. The van der Waals surface area contributed by atoms with E-state index >= 15 is 0 Å². The minimum atomic E-state index is -0.878. The largest absolute Gasteiger partial charge is 0.452 e. The summed E-state index contributed by atoms with van der Waals surface area (Å²) in [4.78, 5) is 21.5. The van der Waals surface area contributed by atoms with Crippen LogP contribution in [0, 0.1) is 22.0 Å². The van der Waals surface area contributed by atoms with E-state index in [2.05, 4.69) is 13.0 Å². The molecule has 2 aliphatic carbocycles. The second-order valence-electron chi connectivity index (χ2n) is 5.02. The number of esters is 1. The lowest BCUT2D eigenvalue weighted by Gasteiger charge is -2.47. The average molecular weight is 239 g/mol. The van der Waals surface area contributed by atoms with Crippen LogP contribution in [0.3, 0.4) is 0 Å². The smallest absolute Gasteiger partial charge is 0.303 e. The average Bonchev–Trinajstić information content (AvgIpc) is 2.54. The van der Waals surface area contributed by atoms with Crippen LogP contribution in [0.5, 0.6) is 0 Å². The molecule has 0 aromatic rings. The molecule has 3 atom stereocenters. The molecular weight excluding hydrogens is 222 g/mol. The van der Waals surface area contributed by atoms with E-state index in [1.165, 1.54) is 12.5 Å². The Morgan fingerprint density at radius 3 is 2.94 bits per heavy atom. The maximum atomic E-state index is 11.1. The van der Waals surface area contributed by atoms with Crippen molar-refractivity contribution in [3.63, 3.8) is 0 Å². The maximum Gasteiger partial charge on any atom is 0.303 e. The Hall–Kier alpha value is -1.39. The van der Waals surface area contributed by atoms with Gasteiger partial charge in [-0.15, -0.1) is 0 Å². The summed E-state index contributed by atoms with van der Waals surface area (Å²) in [6.45, 7) is 3.12. The van der Waals surface area contributed by atoms with Gasteiger partial charge in [-0.3, -0.25) is 14.9 Å². The van der Waals surface area contributed by atoms with Crippen LogP contribution in [0.2, 0.25) is 0 Å². The Bertz CT molecular complexity index is 372. The second kappa shape index (κ2) is 4.13. The van der Waals surface area contributed by atoms with E-state index in [1.54, 1.807) is 0 Å². The van der Waals surface area contributed by atoms with Gasteiger partial charge in [-0.1, -0.05) is 18.6 Å². The summed E-state index contributed by atoms with van der Waals surface area (Å²) in [5, 5.41) is 10.7. The summed E-state index contributed by atoms with van der Waals surface area (Å²) in [6.07, 6.45) is 4.68. The van der Waals surface area contributed by atoms with E-state index in [-0.39, 0.29) is 17.4 Å². The van der Waals surface area contributed by atoms with Crippen LogP contribution in [0.15, 0.2) is 11.6 Å². The van der Waals surface area contributed by atoms with Crippen molar-refractivity contribution in [1.82, 2.24) is 0 Å². The Kier molecular flexibility index (Phi) is 2.93. The van der Waals surface area contributed by atoms with Gasteiger partial charge in [0.05, 0.1) is 0 Å². The minimum absolute atomic E-state index is 0.0479. The fraction of sp³-hybridized carbons (Fsp3) is 0.750. The van der Waals surface area contributed by atoms with Crippen molar-refractivity contribution in [2.45, 2.75) is 38.7 Å². The quantitative estimate of drug-likeness (QED) is 0.325. The molecule has 2 rings (SSSR count). The molecular formula is C12H17NO4. The molecule has 2 aliphatic rings. The van der Waals surface area contributed by atoms with Crippen molar-refractivity contribution in [2.24, 2.45) is 11.8 Å². The van der Waals surface area contributed by atoms with Crippen LogP contribution in [0.4, 0.5) is 0 Å². The monoisotopic (exact) mass is 239 g/mol. The van der Waals surface area contributed by atoms with E-state index < -0.39 is 11.6 Å². The summed E-state index contributed by atoms with van der Waals surface area (Å²) >= 11 is 0. The van der Waals surface area contributed by atoms with Gasteiger partial charge in [0.2, 0.25) is 6.54 Å². The van der Waals surface area contributed by atoms with Crippen LogP contribution < -0.4 is 0 Å². The molecule has 0 radical (unpaired) electrons. The van der Waals surface area contributed by atoms with Crippen molar-refractivity contribution in [3.8, 4) is 0 Å². The molecule has 0 aromatic carbocycles. The second-order valence-corrected chi connectivity index (χ2v) is 5.02. The fourth-order valence-corrected chi connectivity index (χ4v) is 3.20. The van der Waals surface area contributed by atoms with Gasteiger partial charge in [0.25, 0.3) is 0 Å². The van der Waals surface area contributed by atoms with E-state index in [0.717, 1.165) is 12.8 Å². The Morgan fingerprint density at radius 1 is 1.71 bits per heavy atom. The number of carbonyl (C=O) groups is 1. The van der Waals surface area contributed by atoms with E-state index in [1.807, 2.05) is 0 Å². The molecule has 0 unspecified atom stereocenters. The lowest BCUT2D eigenvalue weighted by Crippen LogP contribution is -2.58. The molecule has 1 fully saturated rings. The minimum Gasteiger partial charge on any atom is -0.452 e. The van der Waals surface area contributed by atoms with Gasteiger partial charge in [0, 0.05) is 17.8 Å². The third-order valence-electron chi connectivity index (χ3n) is 3.86. The van der Waals surface area contributed by atoms with Gasteiger partial charge in [0.15, 0.2) is 5.60 Å². The summed E-state index contributed by atoms with van der Waals surface area (Å²) in [7, 11) is 0. The number of hydrogen-bond acceptors (Lipinski definition) is 4. The number of hydrogen-bond donors (Lipinski definition) is 0. The highest BCUT2D eigenvalue weighted by Gasteiger charge is 2.60. The zero-order valence-electron chi connectivity index (χ0n) is 10.1. The summed E-state index contributed by atoms with van der Waals surface area (Å²) in [5.41, 5.74) is 0.453. The SMILES string of the molecule is CCC1=C[C@@H]2[C@H](C1)C[C@]2(C[N+](=O)[O-])OC(C)=O. The Labute approximate surface area is 100.0 Å². The van der Waals surface area contributed by atoms with Crippen LogP contribution >= 0.6 is 0 Å². The van der Waals surface area contributed by atoms with Gasteiger partial charge in [-0.2, -0.15) is 0 Å². The highest BCUT2D eigenvalue weighted by atomic mass is 16.6. The summed E-state index contributed by atoms with van der Waals surface area (Å²) in [6, 6.07) is 0. The molecule has 1 saturated carbocycles. The van der Waals surface area contributed by atoms with Gasteiger partial charge < -0.3 is 4.74 Å². The predicted molar refractivity (Wildman–Crippen MR) is 60.9 cm³/mol. The standard InChI is InChI=1S/C12H17NO4/c1-3-9-4-10-6-12(7-13(15)16,11(10)5-9)17-8(2)14/h5,10-11H,3-4,6-7H2,1-2H3/t10-,11-,12-/m1/s1. The van der Waals surface area contributed by atoms with Crippen LogP contribution in [0.25, 0.3) is 0 Å². The van der Waals surface area contributed by atoms with E-state index in [0.29, 0.717) is 12.3 Å². The topological polar surface area (TPSA) is 69.4 Å². The van der Waals surface area contributed by atoms with Crippen LogP contribution in [-0.2, 0) is 9.53 Å².